The molecule has 0 unspecified atom stereocenters. The lowest BCUT2D eigenvalue weighted by Crippen LogP contribution is -2.06. The fourth-order valence-corrected chi connectivity index (χ4v) is 3.34. The molecule has 0 radical (unpaired) electrons. The van der Waals surface area contributed by atoms with E-state index in [0.717, 1.165) is 26.9 Å². The third-order valence-corrected chi connectivity index (χ3v) is 4.64. The molecular weight excluding hydrogens is 392 g/mol. The Bertz CT molecular complexity index is 921. The van der Waals surface area contributed by atoms with Crippen LogP contribution in [0.5, 0.6) is 0 Å². The Hall–Kier alpha value is -1.85. The van der Waals surface area contributed by atoms with Crippen molar-refractivity contribution in [1.82, 2.24) is 9.55 Å². The van der Waals surface area contributed by atoms with Gasteiger partial charge in [0.05, 0.1) is 29.7 Å². The molecule has 0 aliphatic rings. The number of hydrogen-bond acceptors (Lipinski definition) is 3. The Morgan fingerprint density at radius 1 is 1.29 bits per heavy atom. The lowest BCUT2D eigenvalue weighted by molar-refractivity contribution is 0.0526. The summed E-state index contributed by atoms with van der Waals surface area (Å²) < 4.78 is 8.07. The van der Waals surface area contributed by atoms with Crippen molar-refractivity contribution in [2.75, 3.05) is 6.61 Å². The van der Waals surface area contributed by atoms with Gasteiger partial charge in [-0.05, 0) is 49.7 Å². The second kappa shape index (κ2) is 6.95. The number of carbonyl (C=O) groups is 1. The molecule has 0 saturated carbocycles. The number of carbonyl (C=O) groups excluding carboxylic acids is 1. The Morgan fingerprint density at radius 3 is 2.79 bits per heavy atom. The molecule has 0 atom stereocenters. The number of rotatable bonds is 4. The normalized spacial score (nSPS) is 11.0. The van der Waals surface area contributed by atoms with Crippen LogP contribution in [-0.4, -0.2) is 22.1 Å². The number of ether oxygens (including phenoxy) is 1. The first kappa shape index (κ1) is 17.0. The largest absolute Gasteiger partial charge is 0.462 e. The molecule has 6 heteroatoms. The molecular formula is C18H16BrClN2O2. The average molecular weight is 408 g/mol. The minimum atomic E-state index is -0.327. The summed E-state index contributed by atoms with van der Waals surface area (Å²) in [4.78, 5) is 16.5. The summed E-state index contributed by atoms with van der Waals surface area (Å²) in [7, 11) is 0. The van der Waals surface area contributed by atoms with Crippen LogP contribution in [0.3, 0.4) is 0 Å². The SMILES string of the molecule is CCOC(=O)c1ccc2nc(C)n(Cc3ccc(Br)cc3Cl)c2c1. The highest BCUT2D eigenvalue weighted by Crippen LogP contribution is 2.25. The van der Waals surface area contributed by atoms with Crippen molar-refractivity contribution < 1.29 is 9.53 Å². The monoisotopic (exact) mass is 406 g/mol. The van der Waals surface area contributed by atoms with Crippen LogP contribution >= 0.6 is 27.5 Å². The van der Waals surface area contributed by atoms with E-state index in [4.69, 9.17) is 16.3 Å². The number of hydrogen-bond donors (Lipinski definition) is 0. The molecule has 4 nitrogen and oxygen atoms in total. The maximum atomic E-state index is 12.0. The molecule has 0 bridgehead atoms. The summed E-state index contributed by atoms with van der Waals surface area (Å²) in [5, 5.41) is 0.687. The van der Waals surface area contributed by atoms with Gasteiger partial charge in [-0.1, -0.05) is 33.6 Å². The first-order valence-electron chi connectivity index (χ1n) is 7.57. The van der Waals surface area contributed by atoms with E-state index >= 15 is 0 Å². The maximum Gasteiger partial charge on any atom is 0.338 e. The van der Waals surface area contributed by atoms with Gasteiger partial charge < -0.3 is 9.30 Å². The van der Waals surface area contributed by atoms with Gasteiger partial charge in [-0.25, -0.2) is 9.78 Å². The highest BCUT2D eigenvalue weighted by molar-refractivity contribution is 9.10. The van der Waals surface area contributed by atoms with Crippen LogP contribution in [0.1, 0.15) is 28.7 Å². The zero-order valence-electron chi connectivity index (χ0n) is 13.3. The molecule has 2 aromatic carbocycles. The molecule has 1 heterocycles. The van der Waals surface area contributed by atoms with Crippen molar-refractivity contribution in [3.05, 3.63) is 62.8 Å². The molecule has 124 valence electrons. The molecule has 1 aromatic heterocycles. The number of halogens is 2. The Morgan fingerprint density at radius 2 is 2.08 bits per heavy atom. The number of nitrogens with zero attached hydrogens (tertiary/aromatic N) is 2. The summed E-state index contributed by atoms with van der Waals surface area (Å²) in [6.07, 6.45) is 0. The Labute approximate surface area is 153 Å². The number of benzene rings is 2. The number of aromatic nitrogens is 2. The summed E-state index contributed by atoms with van der Waals surface area (Å²) >= 11 is 9.75. The molecule has 0 spiro atoms. The first-order valence-corrected chi connectivity index (χ1v) is 8.74. The van der Waals surface area contributed by atoms with E-state index in [1.807, 2.05) is 41.8 Å². The number of imidazole rings is 1. The van der Waals surface area contributed by atoms with Crippen LogP contribution < -0.4 is 0 Å². The topological polar surface area (TPSA) is 44.1 Å². The van der Waals surface area contributed by atoms with E-state index in [1.54, 1.807) is 13.0 Å². The van der Waals surface area contributed by atoms with Crippen molar-refractivity contribution in [1.29, 1.82) is 0 Å². The standard InChI is InChI=1S/C18H16BrClN2O2/c1-3-24-18(23)12-5-7-16-17(8-12)22(11(2)21-16)10-13-4-6-14(19)9-15(13)20/h4-9H,3,10H2,1-2H3. The van der Waals surface area contributed by atoms with Gasteiger partial charge in [0.25, 0.3) is 0 Å². The average Bonchev–Trinajstić information content (AvgIpc) is 2.85. The summed E-state index contributed by atoms with van der Waals surface area (Å²) in [6, 6.07) is 11.2. The van der Waals surface area contributed by atoms with Crippen molar-refractivity contribution >= 4 is 44.5 Å². The zero-order chi connectivity index (χ0) is 17.3. The van der Waals surface area contributed by atoms with Crippen LogP contribution in [0, 0.1) is 6.92 Å². The molecule has 0 N–H and O–H groups in total. The van der Waals surface area contributed by atoms with E-state index in [2.05, 4.69) is 20.9 Å². The maximum absolute atomic E-state index is 12.0. The fraction of sp³-hybridized carbons (Fsp3) is 0.222. The fourth-order valence-electron chi connectivity index (χ4n) is 2.60. The number of aryl methyl sites for hydroxylation is 1. The van der Waals surface area contributed by atoms with Gasteiger partial charge in [-0.3, -0.25) is 0 Å². The van der Waals surface area contributed by atoms with Gasteiger partial charge in [-0.15, -0.1) is 0 Å². The Kier molecular flexibility index (Phi) is 4.92. The van der Waals surface area contributed by atoms with Crippen LogP contribution in [-0.2, 0) is 11.3 Å². The van der Waals surface area contributed by atoms with Gasteiger partial charge in [0.1, 0.15) is 5.82 Å². The van der Waals surface area contributed by atoms with Gasteiger partial charge in [0, 0.05) is 9.50 Å². The van der Waals surface area contributed by atoms with Gasteiger partial charge in [0.15, 0.2) is 0 Å². The lowest BCUT2D eigenvalue weighted by Gasteiger charge is -2.10. The van der Waals surface area contributed by atoms with Crippen molar-refractivity contribution in [2.45, 2.75) is 20.4 Å². The van der Waals surface area contributed by atoms with Gasteiger partial charge >= 0.3 is 5.97 Å². The van der Waals surface area contributed by atoms with E-state index in [1.165, 1.54) is 0 Å². The molecule has 24 heavy (non-hydrogen) atoms. The second-order valence-corrected chi connectivity index (χ2v) is 6.73. The predicted molar refractivity (Wildman–Crippen MR) is 98.7 cm³/mol. The molecule has 0 fully saturated rings. The smallest absolute Gasteiger partial charge is 0.338 e. The van der Waals surface area contributed by atoms with E-state index in [-0.39, 0.29) is 5.97 Å². The van der Waals surface area contributed by atoms with Crippen LogP contribution in [0.2, 0.25) is 5.02 Å². The zero-order valence-corrected chi connectivity index (χ0v) is 15.7. The summed E-state index contributed by atoms with van der Waals surface area (Å²) in [5.41, 5.74) is 3.24. The third-order valence-electron chi connectivity index (χ3n) is 3.79. The molecule has 0 aliphatic heterocycles. The van der Waals surface area contributed by atoms with Gasteiger partial charge in [0.2, 0.25) is 0 Å². The first-order chi connectivity index (χ1) is 11.5. The highest BCUT2D eigenvalue weighted by atomic mass is 79.9. The van der Waals surface area contributed by atoms with Crippen molar-refractivity contribution in [3.63, 3.8) is 0 Å². The van der Waals surface area contributed by atoms with Gasteiger partial charge in [-0.2, -0.15) is 0 Å². The second-order valence-electron chi connectivity index (χ2n) is 5.40. The molecule has 0 amide bonds. The predicted octanol–water partition coefficient (Wildman–Crippen LogP) is 4.99. The molecule has 3 rings (SSSR count). The van der Waals surface area contributed by atoms with Crippen LogP contribution in [0.25, 0.3) is 11.0 Å². The van der Waals surface area contributed by atoms with E-state index < -0.39 is 0 Å². The summed E-state index contributed by atoms with van der Waals surface area (Å²) in [6.45, 7) is 4.67. The van der Waals surface area contributed by atoms with E-state index in [9.17, 15) is 4.79 Å². The van der Waals surface area contributed by atoms with Crippen molar-refractivity contribution in [2.24, 2.45) is 0 Å². The number of fused-ring (bicyclic) bond motifs is 1. The molecule has 0 saturated heterocycles. The number of esters is 1. The highest BCUT2D eigenvalue weighted by Gasteiger charge is 2.13. The van der Waals surface area contributed by atoms with E-state index in [0.29, 0.717) is 23.7 Å². The quantitative estimate of drug-likeness (QED) is 0.573. The molecule has 3 aromatic rings. The minimum Gasteiger partial charge on any atom is -0.462 e. The Balaban J connectivity index is 2.04. The van der Waals surface area contributed by atoms with Crippen molar-refractivity contribution in [3.8, 4) is 0 Å². The summed E-state index contributed by atoms with van der Waals surface area (Å²) in [5.74, 6) is 0.538. The van der Waals surface area contributed by atoms with Crippen LogP contribution in [0.15, 0.2) is 40.9 Å². The third kappa shape index (κ3) is 3.32. The molecule has 0 aliphatic carbocycles. The lowest BCUT2D eigenvalue weighted by atomic mass is 10.2. The minimum absolute atomic E-state index is 0.327. The van der Waals surface area contributed by atoms with Crippen LogP contribution in [0.4, 0.5) is 0 Å².